The second-order valence-electron chi connectivity index (χ2n) is 11.0. The van der Waals surface area contributed by atoms with Gasteiger partial charge in [-0.15, -0.1) is 0 Å². The Morgan fingerprint density at radius 1 is 0.957 bits per heavy atom. The number of benzene rings is 1. The number of nitrogens with two attached hydrogens (primary N) is 1. The third-order valence-corrected chi connectivity index (χ3v) is 7.62. The number of nitrogens with zero attached hydrogens (tertiary/aromatic N) is 4. The zero-order valence-corrected chi connectivity index (χ0v) is 23.7. The largest absolute Gasteiger partial charge is 0.419 e. The van der Waals surface area contributed by atoms with E-state index in [1.165, 1.54) is 18.3 Å². The molecule has 0 fully saturated rings. The van der Waals surface area contributed by atoms with E-state index >= 15 is 0 Å². The molecule has 0 unspecified atom stereocenters. The average molecular weight is 678 g/mol. The lowest BCUT2D eigenvalue weighted by molar-refractivity contribution is -0.137. The van der Waals surface area contributed by atoms with Crippen molar-refractivity contribution < 1.29 is 53.1 Å². The Morgan fingerprint density at radius 3 is 2.26 bits per heavy atom. The van der Waals surface area contributed by atoms with E-state index in [9.17, 15) is 53.1 Å². The van der Waals surface area contributed by atoms with Gasteiger partial charge in [0.25, 0.3) is 18.3 Å². The first-order valence-electron chi connectivity index (χ1n) is 13.8. The van der Waals surface area contributed by atoms with Crippen molar-refractivity contribution in [2.24, 2.45) is 0 Å². The van der Waals surface area contributed by atoms with Gasteiger partial charge in [-0.3, -0.25) is 14.5 Å². The summed E-state index contributed by atoms with van der Waals surface area (Å²) in [5.74, 6) is -13.2. The van der Waals surface area contributed by atoms with E-state index < -0.39 is 102 Å². The fourth-order valence-corrected chi connectivity index (χ4v) is 5.66. The van der Waals surface area contributed by atoms with Gasteiger partial charge in [-0.2, -0.15) is 27.1 Å². The van der Waals surface area contributed by atoms with Crippen LogP contribution in [0.5, 0.6) is 0 Å². The number of alkyl halides is 9. The van der Waals surface area contributed by atoms with Crippen molar-refractivity contribution in [2.45, 2.75) is 62.6 Å². The Morgan fingerprint density at radius 2 is 1.62 bits per heavy atom. The van der Waals surface area contributed by atoms with E-state index in [0.717, 1.165) is 18.3 Å². The van der Waals surface area contributed by atoms with Crippen LogP contribution >= 0.6 is 0 Å². The monoisotopic (exact) mass is 677 g/mol. The lowest BCUT2D eigenvalue weighted by atomic mass is 9.86. The molecule has 17 heteroatoms. The van der Waals surface area contributed by atoms with Crippen molar-refractivity contribution in [1.29, 1.82) is 0 Å². The SMILES string of the molecule is Nc1ncc(-c2cccnc2[C@@H](CC(=O)Cn2nc(C(F)F)c3c2C(F)(F)CCC3(F)F)Cc2cc(F)cc(F)c2)cc1C(F)(F)F. The Balaban J connectivity index is 1.57. The Bertz CT molecular complexity index is 1800. The number of aromatic nitrogens is 4. The molecule has 1 aromatic carbocycles. The van der Waals surface area contributed by atoms with E-state index in [0.29, 0.717) is 12.1 Å². The molecular formula is C30H22F11N5O. The number of anilines is 1. The second kappa shape index (κ2) is 12.2. The topological polar surface area (TPSA) is 86.7 Å². The molecule has 0 saturated heterocycles. The van der Waals surface area contributed by atoms with Gasteiger partial charge < -0.3 is 5.73 Å². The van der Waals surface area contributed by atoms with Gasteiger partial charge in [0.1, 0.15) is 35.4 Å². The minimum atomic E-state index is -4.91. The minimum absolute atomic E-state index is 0.0113. The lowest BCUT2D eigenvalue weighted by Gasteiger charge is -2.29. The van der Waals surface area contributed by atoms with Crippen LogP contribution in [0.4, 0.5) is 54.1 Å². The summed E-state index contributed by atoms with van der Waals surface area (Å²) in [6, 6.07) is 5.72. The van der Waals surface area contributed by atoms with Crippen LogP contribution in [-0.2, 0) is 35.8 Å². The maximum absolute atomic E-state index is 14.9. The van der Waals surface area contributed by atoms with Gasteiger partial charge in [-0.25, -0.2) is 31.3 Å². The highest BCUT2D eigenvalue weighted by Crippen LogP contribution is 2.52. The normalized spacial score (nSPS) is 16.3. The molecule has 3 heterocycles. The first kappa shape index (κ1) is 33.8. The molecular weight excluding hydrogens is 655 g/mol. The van der Waals surface area contributed by atoms with Crippen LogP contribution < -0.4 is 5.73 Å². The van der Waals surface area contributed by atoms with E-state index in [2.05, 4.69) is 15.1 Å². The molecule has 1 aliphatic rings. The molecule has 250 valence electrons. The van der Waals surface area contributed by atoms with Crippen molar-refractivity contribution in [3.05, 3.63) is 94.2 Å². The van der Waals surface area contributed by atoms with Crippen molar-refractivity contribution in [3.63, 3.8) is 0 Å². The maximum Gasteiger partial charge on any atom is 0.419 e. The van der Waals surface area contributed by atoms with Crippen molar-refractivity contribution >= 4 is 11.6 Å². The van der Waals surface area contributed by atoms with Crippen LogP contribution in [-0.4, -0.2) is 25.5 Å². The Kier molecular flexibility index (Phi) is 8.79. The van der Waals surface area contributed by atoms with Crippen molar-refractivity contribution in [3.8, 4) is 11.1 Å². The van der Waals surface area contributed by atoms with Crippen molar-refractivity contribution in [2.75, 3.05) is 5.73 Å². The molecule has 0 spiro atoms. The Hall–Kier alpha value is -4.57. The van der Waals surface area contributed by atoms with Gasteiger partial charge >= 0.3 is 6.18 Å². The highest BCUT2D eigenvalue weighted by atomic mass is 19.4. The van der Waals surface area contributed by atoms with E-state index in [4.69, 9.17) is 5.73 Å². The average Bonchev–Trinajstić information content (AvgIpc) is 3.36. The number of carbonyl (C=O) groups excluding carboxylic acids is 1. The zero-order chi connectivity index (χ0) is 34.5. The third kappa shape index (κ3) is 6.93. The smallest absolute Gasteiger partial charge is 0.383 e. The summed E-state index contributed by atoms with van der Waals surface area (Å²) >= 11 is 0. The molecule has 47 heavy (non-hydrogen) atoms. The maximum atomic E-state index is 14.9. The Labute approximate surface area is 258 Å². The summed E-state index contributed by atoms with van der Waals surface area (Å²) in [6.07, 6.45) is -10.3. The number of Topliss-reactive ketones (excluding diaryl/α,β-unsaturated/α-hetero) is 1. The van der Waals surface area contributed by atoms with Crippen molar-refractivity contribution in [1.82, 2.24) is 19.7 Å². The number of ketones is 1. The van der Waals surface area contributed by atoms with Crippen LogP contribution in [0.1, 0.15) is 65.4 Å². The molecule has 0 aliphatic heterocycles. The highest BCUT2D eigenvalue weighted by Gasteiger charge is 2.55. The van der Waals surface area contributed by atoms with Crippen LogP contribution in [0.15, 0.2) is 48.8 Å². The van der Waals surface area contributed by atoms with Crippen LogP contribution in [0.2, 0.25) is 0 Å². The predicted molar refractivity (Wildman–Crippen MR) is 144 cm³/mol. The van der Waals surface area contributed by atoms with Crippen LogP contribution in [0.3, 0.4) is 0 Å². The van der Waals surface area contributed by atoms with Gasteiger partial charge in [0, 0.05) is 54.8 Å². The minimum Gasteiger partial charge on any atom is -0.383 e. The molecule has 4 aromatic rings. The summed E-state index contributed by atoms with van der Waals surface area (Å²) in [4.78, 5) is 21.2. The van der Waals surface area contributed by atoms with Gasteiger partial charge in [0.2, 0.25) is 0 Å². The molecule has 0 bridgehead atoms. The highest BCUT2D eigenvalue weighted by molar-refractivity contribution is 5.80. The van der Waals surface area contributed by atoms with Gasteiger partial charge in [-0.05, 0) is 36.2 Å². The second-order valence-corrected chi connectivity index (χ2v) is 11.0. The third-order valence-electron chi connectivity index (χ3n) is 7.62. The summed E-state index contributed by atoms with van der Waals surface area (Å²) in [6.45, 7) is -1.18. The fraction of sp³-hybridized carbons (Fsp3) is 0.333. The molecule has 0 saturated carbocycles. The molecule has 1 aliphatic carbocycles. The summed E-state index contributed by atoms with van der Waals surface area (Å²) in [7, 11) is 0. The number of hydrogen-bond donors (Lipinski definition) is 1. The molecule has 2 N–H and O–H groups in total. The molecule has 6 nitrogen and oxygen atoms in total. The summed E-state index contributed by atoms with van der Waals surface area (Å²) in [5.41, 5.74) is -0.980. The van der Waals surface area contributed by atoms with Crippen LogP contribution in [0, 0.1) is 11.6 Å². The van der Waals surface area contributed by atoms with Gasteiger partial charge in [-0.1, -0.05) is 6.07 Å². The first-order chi connectivity index (χ1) is 21.9. The molecule has 5 rings (SSSR count). The number of fused-ring (bicyclic) bond motifs is 1. The number of halogens is 11. The number of hydrogen-bond acceptors (Lipinski definition) is 5. The molecule has 3 aromatic heterocycles. The summed E-state index contributed by atoms with van der Waals surface area (Å²) in [5, 5.41) is 3.26. The quantitative estimate of drug-likeness (QED) is 0.181. The fourth-order valence-electron chi connectivity index (χ4n) is 5.66. The van der Waals surface area contributed by atoms with E-state index in [-0.39, 0.29) is 33.5 Å². The lowest BCUT2D eigenvalue weighted by Crippen LogP contribution is -2.33. The number of pyridine rings is 2. The van der Waals surface area contributed by atoms with Gasteiger partial charge in [0.15, 0.2) is 5.78 Å². The summed E-state index contributed by atoms with van der Waals surface area (Å²) < 4.78 is 155. The standard InChI is InChI=1S/C30H22F11N5O/c31-17-7-14(8-18(32)11-17)6-15(23-20(2-1-5-43-23)16-10-21(30(39,40)41)27(42)44-12-16)9-19(47)13-46-25-22(24(45-46)26(33)34)28(35,36)3-4-29(25,37)38/h1-2,5,7-8,10-12,15,26H,3-4,6,9,13H2,(H2,42,44)/t15-/m1/s1. The first-order valence-corrected chi connectivity index (χ1v) is 13.8. The molecule has 1 atom stereocenters. The number of rotatable bonds is 9. The van der Waals surface area contributed by atoms with Crippen LogP contribution in [0.25, 0.3) is 11.1 Å². The predicted octanol–water partition coefficient (Wildman–Crippen LogP) is 8.12. The van der Waals surface area contributed by atoms with E-state index in [1.54, 1.807) is 0 Å². The zero-order valence-electron chi connectivity index (χ0n) is 23.7. The molecule has 0 amide bonds. The number of carbonyl (C=O) groups is 1. The van der Waals surface area contributed by atoms with E-state index in [1.807, 2.05) is 0 Å². The van der Waals surface area contributed by atoms with Gasteiger partial charge in [0.05, 0.1) is 16.8 Å². The number of nitrogen functional groups attached to an aromatic ring is 1. The molecule has 0 radical (unpaired) electrons.